The number of aromatic hydroxyl groups is 1. The van der Waals surface area contributed by atoms with Crippen molar-refractivity contribution >= 4 is 22.3 Å². The van der Waals surface area contributed by atoms with E-state index in [-0.39, 0.29) is 5.88 Å². The van der Waals surface area contributed by atoms with Gasteiger partial charge in [-0.05, 0) is 57.1 Å². The number of hydrogen-bond acceptors (Lipinski definition) is 5. The molecule has 1 aromatic heterocycles. The van der Waals surface area contributed by atoms with Gasteiger partial charge in [-0.3, -0.25) is 0 Å². The molecule has 182 valence electrons. The third kappa shape index (κ3) is 5.66. The van der Waals surface area contributed by atoms with Gasteiger partial charge < -0.3 is 24.9 Å². The van der Waals surface area contributed by atoms with Gasteiger partial charge in [-0.25, -0.2) is 4.99 Å². The number of aromatic amines is 1. The lowest BCUT2D eigenvalue weighted by Crippen LogP contribution is -2.15. The van der Waals surface area contributed by atoms with E-state index in [9.17, 15) is 5.11 Å². The van der Waals surface area contributed by atoms with Crippen LogP contribution in [0.1, 0.15) is 37.5 Å². The maximum atomic E-state index is 11.0. The molecule has 0 fully saturated rings. The molecule has 0 spiro atoms. The zero-order chi connectivity index (χ0) is 24.6. The molecule has 0 atom stereocenters. The van der Waals surface area contributed by atoms with Crippen LogP contribution in [0.5, 0.6) is 17.4 Å². The maximum absolute atomic E-state index is 11.0. The van der Waals surface area contributed by atoms with Gasteiger partial charge in [-0.15, -0.1) is 0 Å². The van der Waals surface area contributed by atoms with E-state index in [2.05, 4.69) is 29.4 Å². The molecular weight excluding hydrogens is 438 g/mol. The molecule has 0 bridgehead atoms. The van der Waals surface area contributed by atoms with Crippen molar-refractivity contribution in [1.29, 1.82) is 0 Å². The Hall–Kier alpha value is -3.77. The van der Waals surface area contributed by atoms with E-state index in [4.69, 9.17) is 14.5 Å². The molecule has 35 heavy (non-hydrogen) atoms. The number of benzene rings is 3. The van der Waals surface area contributed by atoms with Crippen molar-refractivity contribution in [2.75, 3.05) is 26.3 Å². The Balaban J connectivity index is 1.82. The van der Waals surface area contributed by atoms with Gasteiger partial charge in [0.1, 0.15) is 0 Å². The molecule has 6 nitrogen and oxygen atoms in total. The number of aromatic nitrogens is 1. The first kappa shape index (κ1) is 24.4. The first-order valence-corrected chi connectivity index (χ1v) is 12.2. The molecule has 0 radical (unpaired) electrons. The average molecular weight is 472 g/mol. The predicted octanol–water partition coefficient (Wildman–Crippen LogP) is 5.99. The second kappa shape index (κ2) is 11.6. The van der Waals surface area contributed by atoms with Crippen molar-refractivity contribution in [2.24, 2.45) is 4.99 Å². The van der Waals surface area contributed by atoms with E-state index in [1.807, 2.05) is 68.4 Å². The molecule has 1 heterocycles. The van der Waals surface area contributed by atoms with Crippen LogP contribution < -0.4 is 14.8 Å². The number of hydrogen-bond donors (Lipinski definition) is 3. The normalized spacial score (nSPS) is 11.7. The Bertz CT molecular complexity index is 1280. The van der Waals surface area contributed by atoms with Gasteiger partial charge >= 0.3 is 0 Å². The summed E-state index contributed by atoms with van der Waals surface area (Å²) in [5.74, 6) is 1.33. The summed E-state index contributed by atoms with van der Waals surface area (Å²) in [5.41, 5.74) is 5.05. The fourth-order valence-corrected chi connectivity index (χ4v) is 4.10. The van der Waals surface area contributed by atoms with Gasteiger partial charge in [-0.1, -0.05) is 49.4 Å². The highest BCUT2D eigenvalue weighted by Gasteiger charge is 2.21. The highest BCUT2D eigenvalue weighted by atomic mass is 16.5. The Labute approximate surface area is 206 Å². The molecule has 0 unspecified atom stereocenters. The van der Waals surface area contributed by atoms with Gasteiger partial charge in [0.25, 0.3) is 0 Å². The fourth-order valence-electron chi connectivity index (χ4n) is 4.10. The molecule has 6 heteroatoms. The van der Waals surface area contributed by atoms with E-state index < -0.39 is 0 Å². The minimum Gasteiger partial charge on any atom is -0.494 e. The first-order chi connectivity index (χ1) is 17.1. The predicted molar refractivity (Wildman–Crippen MR) is 143 cm³/mol. The third-order valence-electron chi connectivity index (χ3n) is 5.74. The monoisotopic (exact) mass is 471 g/mol. The van der Waals surface area contributed by atoms with Crippen LogP contribution in [0, 0.1) is 0 Å². The average Bonchev–Trinajstić information content (AvgIpc) is 3.19. The molecule has 3 aromatic carbocycles. The van der Waals surface area contributed by atoms with Crippen molar-refractivity contribution in [1.82, 2.24) is 10.3 Å². The maximum Gasteiger partial charge on any atom is 0.199 e. The molecule has 0 saturated carbocycles. The van der Waals surface area contributed by atoms with Crippen LogP contribution in [0.3, 0.4) is 0 Å². The van der Waals surface area contributed by atoms with Crippen molar-refractivity contribution in [3.05, 3.63) is 83.4 Å². The van der Waals surface area contributed by atoms with E-state index in [1.165, 1.54) is 5.56 Å². The summed E-state index contributed by atoms with van der Waals surface area (Å²) >= 11 is 0. The topological polar surface area (TPSA) is 78.9 Å². The van der Waals surface area contributed by atoms with Crippen LogP contribution in [0.25, 0.3) is 10.9 Å². The lowest BCUT2D eigenvalue weighted by atomic mass is 10.0. The third-order valence-corrected chi connectivity index (χ3v) is 5.74. The van der Waals surface area contributed by atoms with Crippen molar-refractivity contribution < 1.29 is 14.6 Å². The Morgan fingerprint density at radius 1 is 0.914 bits per heavy atom. The van der Waals surface area contributed by atoms with Crippen molar-refractivity contribution in [3.8, 4) is 17.4 Å². The minimum absolute atomic E-state index is 0.0564. The summed E-state index contributed by atoms with van der Waals surface area (Å²) in [6, 6.07) is 22.0. The molecule has 0 aliphatic heterocycles. The van der Waals surface area contributed by atoms with Gasteiger partial charge in [0, 0.05) is 17.0 Å². The van der Waals surface area contributed by atoms with Crippen LogP contribution in [0.4, 0.5) is 5.69 Å². The van der Waals surface area contributed by atoms with E-state index in [0.29, 0.717) is 36.0 Å². The number of fused-ring (bicyclic) bond motifs is 1. The fraction of sp³-hybridized carbons (Fsp3) is 0.276. The summed E-state index contributed by atoms with van der Waals surface area (Å²) < 4.78 is 11.6. The molecule has 0 aliphatic carbocycles. The highest BCUT2D eigenvalue weighted by molar-refractivity contribution is 6.22. The number of nitrogens with zero attached hydrogens (tertiary/aromatic N) is 1. The quantitative estimate of drug-likeness (QED) is 0.185. The molecular formula is C29H33N3O3. The van der Waals surface area contributed by atoms with Gasteiger partial charge in [-0.2, -0.15) is 0 Å². The summed E-state index contributed by atoms with van der Waals surface area (Å²) in [6.45, 7) is 8.93. The molecule has 0 aliphatic rings. The van der Waals surface area contributed by atoms with Gasteiger partial charge in [0.15, 0.2) is 17.4 Å². The number of nitrogens with one attached hydrogen (secondary N) is 2. The summed E-state index contributed by atoms with van der Waals surface area (Å²) in [7, 11) is 0. The minimum atomic E-state index is 0.0564. The van der Waals surface area contributed by atoms with Crippen LogP contribution in [0.2, 0.25) is 0 Å². The molecule has 0 saturated heterocycles. The number of aliphatic imine (C=N–C) groups is 1. The van der Waals surface area contributed by atoms with Crippen molar-refractivity contribution in [3.63, 3.8) is 0 Å². The highest BCUT2D eigenvalue weighted by Crippen LogP contribution is 2.38. The SMILES string of the molecule is CCNCCc1ccc(N=C(c2ccccc2)c2c(O)[nH]c3cc(OCC)c(OCC)cc23)cc1. The van der Waals surface area contributed by atoms with Crippen LogP contribution in [0.15, 0.2) is 71.7 Å². The first-order valence-electron chi connectivity index (χ1n) is 12.2. The second-order valence-electron chi connectivity index (χ2n) is 8.16. The van der Waals surface area contributed by atoms with E-state index in [0.717, 1.165) is 41.7 Å². The summed E-state index contributed by atoms with van der Waals surface area (Å²) in [4.78, 5) is 8.10. The standard InChI is InChI=1S/C29H33N3O3/c1-4-30-17-16-20-12-14-22(15-13-20)31-28(21-10-8-7-9-11-21)27-23-18-25(34-5-2)26(35-6-3)19-24(23)32-29(27)33/h7-15,18-19,30,32-33H,4-6,16-17H2,1-3H3. The lowest BCUT2D eigenvalue weighted by molar-refractivity contribution is 0.288. The Morgan fingerprint density at radius 3 is 2.26 bits per heavy atom. The summed E-state index contributed by atoms with van der Waals surface area (Å²) in [5, 5.41) is 15.2. The van der Waals surface area contributed by atoms with E-state index >= 15 is 0 Å². The van der Waals surface area contributed by atoms with Crippen molar-refractivity contribution in [2.45, 2.75) is 27.2 Å². The molecule has 3 N–H and O–H groups in total. The largest absolute Gasteiger partial charge is 0.494 e. The van der Waals surface area contributed by atoms with E-state index in [1.54, 1.807) is 0 Å². The number of H-pyrrole nitrogens is 1. The Kier molecular flexibility index (Phi) is 8.06. The number of rotatable bonds is 11. The molecule has 4 aromatic rings. The van der Waals surface area contributed by atoms with Crippen LogP contribution >= 0.6 is 0 Å². The van der Waals surface area contributed by atoms with Crippen LogP contribution in [-0.2, 0) is 6.42 Å². The van der Waals surface area contributed by atoms with Gasteiger partial charge in [0.2, 0.25) is 0 Å². The summed E-state index contributed by atoms with van der Waals surface area (Å²) in [6.07, 6.45) is 0.967. The number of ether oxygens (including phenoxy) is 2. The lowest BCUT2D eigenvalue weighted by Gasteiger charge is -2.12. The zero-order valence-electron chi connectivity index (χ0n) is 20.6. The van der Waals surface area contributed by atoms with Gasteiger partial charge in [0.05, 0.1) is 35.7 Å². The molecule has 4 rings (SSSR count). The zero-order valence-corrected chi connectivity index (χ0v) is 20.6. The second-order valence-corrected chi connectivity index (χ2v) is 8.16. The molecule has 0 amide bonds. The Morgan fingerprint density at radius 2 is 1.60 bits per heavy atom. The smallest absolute Gasteiger partial charge is 0.199 e. The van der Waals surface area contributed by atoms with Crippen LogP contribution in [-0.4, -0.2) is 42.1 Å². The number of likely N-dealkylation sites (N-methyl/N-ethyl adjacent to an activating group) is 1.